The quantitative estimate of drug-likeness (QED) is 0.301. The largest absolute Gasteiger partial charge is 0.457 e. The molecule has 1 N–H and O–H groups in total. The second kappa shape index (κ2) is 6.85. The molecule has 1 aromatic heterocycles. The molecule has 6 aromatic rings. The van der Waals surface area contributed by atoms with Crippen molar-refractivity contribution < 1.29 is 4.74 Å². The Morgan fingerprint density at radius 2 is 1.12 bits per heavy atom. The van der Waals surface area contributed by atoms with E-state index in [1.54, 1.807) is 0 Å². The Bertz CT molecular complexity index is 1590. The van der Waals surface area contributed by atoms with Crippen LogP contribution in [0.25, 0.3) is 21.8 Å². The summed E-state index contributed by atoms with van der Waals surface area (Å²) in [6.45, 7) is 0. The molecule has 0 atom stereocenters. The Hall–Kier alpha value is -4.30. The average molecular weight is 424 g/mol. The van der Waals surface area contributed by atoms with Crippen LogP contribution in [0.1, 0.15) is 22.3 Å². The predicted octanol–water partition coefficient (Wildman–Crippen LogP) is 7.81. The molecule has 0 bridgehead atoms. The molecule has 0 radical (unpaired) electrons. The van der Waals surface area contributed by atoms with Gasteiger partial charge < -0.3 is 9.72 Å². The summed E-state index contributed by atoms with van der Waals surface area (Å²) in [5.74, 6) is 1.80. The zero-order valence-corrected chi connectivity index (χ0v) is 18.0. The Kier molecular flexibility index (Phi) is 3.80. The molecular formula is C31H21NO. The van der Waals surface area contributed by atoms with Crippen LogP contribution in [0.15, 0.2) is 121 Å². The fourth-order valence-electron chi connectivity index (χ4n) is 5.55. The predicted molar refractivity (Wildman–Crippen MR) is 134 cm³/mol. The Morgan fingerprint density at radius 1 is 0.485 bits per heavy atom. The van der Waals surface area contributed by atoms with E-state index < -0.39 is 5.41 Å². The maximum atomic E-state index is 6.59. The third-order valence-corrected chi connectivity index (χ3v) is 6.93. The zero-order chi connectivity index (χ0) is 21.8. The van der Waals surface area contributed by atoms with E-state index in [1.165, 1.54) is 21.9 Å². The van der Waals surface area contributed by atoms with Gasteiger partial charge in [0.25, 0.3) is 0 Å². The van der Waals surface area contributed by atoms with E-state index in [0.717, 1.165) is 33.7 Å². The molecular weight excluding hydrogens is 402 g/mol. The van der Waals surface area contributed by atoms with Crippen LogP contribution in [0.4, 0.5) is 0 Å². The second-order valence-electron chi connectivity index (χ2n) is 8.64. The second-order valence-corrected chi connectivity index (χ2v) is 8.64. The number of ether oxygens (including phenoxy) is 1. The first-order valence-electron chi connectivity index (χ1n) is 11.3. The van der Waals surface area contributed by atoms with Crippen molar-refractivity contribution in [2.24, 2.45) is 0 Å². The first-order chi connectivity index (χ1) is 16.4. The van der Waals surface area contributed by atoms with Crippen LogP contribution >= 0.6 is 0 Å². The van der Waals surface area contributed by atoms with E-state index in [0.29, 0.717) is 0 Å². The highest BCUT2D eigenvalue weighted by molar-refractivity contribution is 6.08. The van der Waals surface area contributed by atoms with Gasteiger partial charge in [0.1, 0.15) is 11.5 Å². The molecule has 2 heteroatoms. The minimum atomic E-state index is -0.488. The fraction of sp³-hybridized carbons (Fsp3) is 0.0323. The van der Waals surface area contributed by atoms with E-state index in [-0.39, 0.29) is 0 Å². The van der Waals surface area contributed by atoms with Gasteiger partial charge in [0.2, 0.25) is 0 Å². The third kappa shape index (κ3) is 2.49. The Balaban J connectivity index is 1.67. The van der Waals surface area contributed by atoms with Gasteiger partial charge in [-0.1, -0.05) is 97.1 Å². The summed E-state index contributed by atoms with van der Waals surface area (Å²) < 4.78 is 6.59. The van der Waals surface area contributed by atoms with Gasteiger partial charge in [0, 0.05) is 32.9 Å². The molecule has 0 fully saturated rings. The number of para-hydroxylation sites is 2. The molecule has 2 nitrogen and oxygen atoms in total. The highest BCUT2D eigenvalue weighted by atomic mass is 16.5. The minimum Gasteiger partial charge on any atom is -0.457 e. The van der Waals surface area contributed by atoms with Crippen LogP contribution < -0.4 is 4.74 Å². The molecule has 1 aliphatic heterocycles. The van der Waals surface area contributed by atoms with Gasteiger partial charge in [-0.2, -0.15) is 0 Å². The number of hydrogen-bond acceptors (Lipinski definition) is 1. The molecule has 156 valence electrons. The Morgan fingerprint density at radius 3 is 1.88 bits per heavy atom. The summed E-state index contributed by atoms with van der Waals surface area (Å²) in [4.78, 5) is 3.64. The molecule has 0 aliphatic carbocycles. The van der Waals surface area contributed by atoms with E-state index in [9.17, 15) is 0 Å². The van der Waals surface area contributed by atoms with Crippen molar-refractivity contribution in [3.63, 3.8) is 0 Å². The summed E-state index contributed by atoms with van der Waals surface area (Å²) in [7, 11) is 0. The molecule has 0 amide bonds. The normalized spacial score (nSPS) is 13.9. The maximum absolute atomic E-state index is 6.59. The average Bonchev–Trinajstić information content (AvgIpc) is 3.25. The van der Waals surface area contributed by atoms with Crippen LogP contribution in [0.5, 0.6) is 11.5 Å². The highest BCUT2D eigenvalue weighted by Crippen LogP contribution is 2.56. The Labute approximate surface area is 192 Å². The smallest absolute Gasteiger partial charge is 0.133 e. The number of rotatable bonds is 2. The van der Waals surface area contributed by atoms with Crippen molar-refractivity contribution in [1.82, 2.24) is 4.98 Å². The summed E-state index contributed by atoms with van der Waals surface area (Å²) in [5.41, 5.74) is 6.53. The summed E-state index contributed by atoms with van der Waals surface area (Å²) in [6.07, 6.45) is 0. The highest BCUT2D eigenvalue weighted by Gasteiger charge is 2.45. The molecule has 2 heterocycles. The van der Waals surface area contributed by atoms with Gasteiger partial charge in [-0.25, -0.2) is 0 Å². The molecule has 0 saturated heterocycles. The van der Waals surface area contributed by atoms with E-state index in [2.05, 4.69) is 126 Å². The number of aromatic amines is 1. The topological polar surface area (TPSA) is 25.0 Å². The van der Waals surface area contributed by atoms with Gasteiger partial charge in [-0.3, -0.25) is 0 Å². The van der Waals surface area contributed by atoms with Crippen molar-refractivity contribution in [3.8, 4) is 11.5 Å². The summed E-state index contributed by atoms with van der Waals surface area (Å²) in [5, 5.41) is 2.39. The minimum absolute atomic E-state index is 0.488. The lowest BCUT2D eigenvalue weighted by Gasteiger charge is -2.41. The number of aromatic nitrogens is 1. The van der Waals surface area contributed by atoms with Gasteiger partial charge in [0.05, 0.1) is 5.41 Å². The molecule has 7 rings (SSSR count). The van der Waals surface area contributed by atoms with Gasteiger partial charge in [-0.15, -0.1) is 0 Å². The van der Waals surface area contributed by atoms with Gasteiger partial charge >= 0.3 is 0 Å². The van der Waals surface area contributed by atoms with Crippen LogP contribution in [0, 0.1) is 0 Å². The van der Waals surface area contributed by atoms with Crippen LogP contribution in [-0.4, -0.2) is 4.98 Å². The zero-order valence-electron chi connectivity index (χ0n) is 18.0. The molecule has 0 saturated carbocycles. The van der Waals surface area contributed by atoms with Gasteiger partial charge in [-0.05, 0) is 35.4 Å². The van der Waals surface area contributed by atoms with Crippen molar-refractivity contribution in [3.05, 3.63) is 144 Å². The monoisotopic (exact) mass is 423 g/mol. The SMILES string of the molecule is c1ccc(C2(c3ccccc3)c3ccccc3Oc3cc4c(cc32)[nH]c2ccccc24)cc1. The van der Waals surface area contributed by atoms with Crippen LogP contribution in [-0.2, 0) is 5.41 Å². The number of H-pyrrole nitrogens is 1. The first kappa shape index (κ1) is 18.3. The third-order valence-electron chi connectivity index (χ3n) is 6.93. The van der Waals surface area contributed by atoms with Gasteiger partial charge in [0.15, 0.2) is 0 Å². The lowest BCUT2D eigenvalue weighted by molar-refractivity contribution is 0.435. The summed E-state index contributed by atoms with van der Waals surface area (Å²) in [6, 6.07) is 43.0. The van der Waals surface area contributed by atoms with Crippen LogP contribution in [0.3, 0.4) is 0 Å². The van der Waals surface area contributed by atoms with Crippen molar-refractivity contribution >= 4 is 21.8 Å². The number of fused-ring (bicyclic) bond motifs is 5. The van der Waals surface area contributed by atoms with Crippen molar-refractivity contribution in [2.45, 2.75) is 5.41 Å². The van der Waals surface area contributed by atoms with E-state index >= 15 is 0 Å². The number of nitrogens with one attached hydrogen (secondary N) is 1. The van der Waals surface area contributed by atoms with Crippen LogP contribution in [0.2, 0.25) is 0 Å². The first-order valence-corrected chi connectivity index (χ1v) is 11.3. The summed E-state index contributed by atoms with van der Waals surface area (Å²) >= 11 is 0. The molecule has 1 aliphatic rings. The molecule has 0 unspecified atom stereocenters. The van der Waals surface area contributed by atoms with E-state index in [1.807, 2.05) is 0 Å². The fourth-order valence-corrected chi connectivity index (χ4v) is 5.55. The van der Waals surface area contributed by atoms with Crippen molar-refractivity contribution in [2.75, 3.05) is 0 Å². The molecule has 0 spiro atoms. The van der Waals surface area contributed by atoms with E-state index in [4.69, 9.17) is 4.74 Å². The number of hydrogen-bond donors (Lipinski definition) is 1. The molecule has 5 aromatic carbocycles. The van der Waals surface area contributed by atoms with Crippen molar-refractivity contribution in [1.29, 1.82) is 0 Å². The lowest BCUT2D eigenvalue weighted by atomic mass is 9.63. The number of benzene rings is 5. The molecule has 33 heavy (non-hydrogen) atoms. The lowest BCUT2D eigenvalue weighted by Crippen LogP contribution is -2.34. The maximum Gasteiger partial charge on any atom is 0.133 e. The standard InChI is InChI=1S/C31H21NO/c1-3-11-21(12-4-1)31(22-13-5-2-6-14-22)25-16-8-10-18-29(25)33-30-19-24-23-15-7-9-17-27(23)32-28(24)20-26(30)31/h1-20,32H.